The number of aryl methyl sites for hydroxylation is 1. The summed E-state index contributed by atoms with van der Waals surface area (Å²) >= 11 is 0. The molecule has 0 spiro atoms. The van der Waals surface area contributed by atoms with Crippen LogP contribution >= 0.6 is 0 Å². The van der Waals surface area contributed by atoms with Crippen molar-refractivity contribution in [1.82, 2.24) is 14.6 Å². The van der Waals surface area contributed by atoms with Crippen LogP contribution in [0.25, 0.3) is 5.65 Å². The third-order valence-corrected chi connectivity index (χ3v) is 4.60. The van der Waals surface area contributed by atoms with Gasteiger partial charge >= 0.3 is 0 Å². The van der Waals surface area contributed by atoms with Crippen LogP contribution in [-0.4, -0.2) is 26.4 Å². The minimum Gasteiger partial charge on any atom is -0.438 e. The number of fused-ring (bicyclic) bond motifs is 1. The third kappa shape index (κ3) is 4.65. The number of rotatable bonds is 6. The average molecular weight is 405 g/mol. The number of imidazole rings is 1. The van der Waals surface area contributed by atoms with Crippen molar-refractivity contribution in [3.05, 3.63) is 53.7 Å². The van der Waals surface area contributed by atoms with Crippen LogP contribution in [-0.2, 0) is 9.59 Å². The van der Waals surface area contributed by atoms with Gasteiger partial charge in [-0.1, -0.05) is 11.6 Å². The van der Waals surface area contributed by atoms with Crippen LogP contribution in [0.4, 0.5) is 11.5 Å². The Hall–Kier alpha value is -3.68. The minimum atomic E-state index is -0.186. The number of nitrogens with one attached hydrogen (secondary N) is 2. The number of carbonyl (C=O) groups is 2. The number of anilines is 2. The lowest BCUT2D eigenvalue weighted by Crippen LogP contribution is -2.13. The zero-order valence-corrected chi connectivity index (χ0v) is 17.1. The third-order valence-electron chi connectivity index (χ3n) is 4.60. The Morgan fingerprint density at radius 3 is 2.70 bits per heavy atom. The molecule has 0 radical (unpaired) electrons. The van der Waals surface area contributed by atoms with E-state index in [1.807, 2.05) is 32.9 Å². The highest BCUT2D eigenvalue weighted by molar-refractivity contribution is 6.00. The van der Waals surface area contributed by atoms with E-state index in [1.165, 1.54) is 0 Å². The molecule has 1 aliphatic carbocycles. The Kier molecular flexibility index (Phi) is 5.22. The topological polar surface area (TPSA) is 97.6 Å². The van der Waals surface area contributed by atoms with E-state index in [2.05, 4.69) is 20.7 Å². The average Bonchev–Trinajstić information content (AvgIpc) is 3.45. The van der Waals surface area contributed by atoms with Crippen molar-refractivity contribution in [3.8, 4) is 11.6 Å². The van der Waals surface area contributed by atoms with Crippen molar-refractivity contribution < 1.29 is 14.3 Å². The fourth-order valence-electron chi connectivity index (χ4n) is 2.90. The van der Waals surface area contributed by atoms with Gasteiger partial charge in [0.2, 0.25) is 17.7 Å². The number of carbonyl (C=O) groups excluding carboxylic acids is 2. The summed E-state index contributed by atoms with van der Waals surface area (Å²) in [7, 11) is 0. The largest absolute Gasteiger partial charge is 0.438 e. The summed E-state index contributed by atoms with van der Waals surface area (Å²) in [6.07, 6.45) is 5.06. The van der Waals surface area contributed by atoms with Gasteiger partial charge in [0.1, 0.15) is 5.75 Å². The molecule has 2 N–H and O–H groups in total. The SMILES string of the molecule is CC(C)=CC(=O)Nc1cc(Oc2ccc3nc(NC(=O)C4CC4)cn3n2)ccc1C. The molecule has 30 heavy (non-hydrogen) atoms. The van der Waals surface area contributed by atoms with Crippen LogP contribution in [0.1, 0.15) is 32.3 Å². The second-order valence-corrected chi connectivity index (χ2v) is 7.65. The van der Waals surface area contributed by atoms with Gasteiger partial charge in [-0.15, -0.1) is 5.10 Å². The first kappa shape index (κ1) is 19.6. The van der Waals surface area contributed by atoms with Gasteiger partial charge in [0.25, 0.3) is 0 Å². The maximum atomic E-state index is 12.0. The highest BCUT2D eigenvalue weighted by Gasteiger charge is 2.30. The maximum absolute atomic E-state index is 12.0. The minimum absolute atomic E-state index is 0.00257. The molecule has 0 saturated heterocycles. The maximum Gasteiger partial charge on any atom is 0.248 e. The molecule has 0 atom stereocenters. The molecule has 1 aliphatic rings. The van der Waals surface area contributed by atoms with E-state index >= 15 is 0 Å². The second-order valence-electron chi connectivity index (χ2n) is 7.65. The molecule has 3 aromatic rings. The van der Waals surface area contributed by atoms with Crippen molar-refractivity contribution in [2.75, 3.05) is 10.6 Å². The number of hydrogen-bond donors (Lipinski definition) is 2. The number of amides is 2. The molecule has 0 unspecified atom stereocenters. The first-order valence-corrected chi connectivity index (χ1v) is 9.79. The molecule has 2 heterocycles. The lowest BCUT2D eigenvalue weighted by atomic mass is 10.2. The standard InChI is InChI=1S/C22H23N5O3/c1-13(2)10-20(28)23-17-11-16(7-4-14(17)3)30-21-9-8-19-24-18(12-27(19)26-21)25-22(29)15-5-6-15/h4,7-12,15H,5-6H2,1-3H3,(H,23,28)(H,25,29). The van der Waals surface area contributed by atoms with Gasteiger partial charge in [-0.3, -0.25) is 9.59 Å². The highest BCUT2D eigenvalue weighted by atomic mass is 16.5. The van der Waals surface area contributed by atoms with E-state index in [0.717, 1.165) is 24.0 Å². The van der Waals surface area contributed by atoms with Crippen LogP contribution in [0.15, 0.2) is 48.2 Å². The van der Waals surface area contributed by atoms with Crippen LogP contribution in [0.3, 0.4) is 0 Å². The molecule has 0 aliphatic heterocycles. The smallest absolute Gasteiger partial charge is 0.248 e. The van der Waals surface area contributed by atoms with Gasteiger partial charge in [-0.25, -0.2) is 9.50 Å². The Morgan fingerprint density at radius 2 is 1.97 bits per heavy atom. The van der Waals surface area contributed by atoms with E-state index in [1.54, 1.807) is 35.0 Å². The predicted molar refractivity (Wildman–Crippen MR) is 114 cm³/mol. The molecule has 8 nitrogen and oxygen atoms in total. The van der Waals surface area contributed by atoms with Crippen LogP contribution < -0.4 is 15.4 Å². The van der Waals surface area contributed by atoms with Crippen LogP contribution in [0.2, 0.25) is 0 Å². The lowest BCUT2D eigenvalue weighted by molar-refractivity contribution is -0.117. The van der Waals surface area contributed by atoms with Crippen LogP contribution in [0, 0.1) is 12.8 Å². The molecule has 8 heteroatoms. The number of ether oxygens (including phenoxy) is 1. The van der Waals surface area contributed by atoms with E-state index < -0.39 is 0 Å². The van der Waals surface area contributed by atoms with Gasteiger partial charge in [-0.05, 0) is 51.3 Å². The van der Waals surface area contributed by atoms with Crippen molar-refractivity contribution in [2.24, 2.45) is 5.92 Å². The van der Waals surface area contributed by atoms with Crippen molar-refractivity contribution in [1.29, 1.82) is 0 Å². The Balaban J connectivity index is 1.50. The monoisotopic (exact) mass is 405 g/mol. The molecular weight excluding hydrogens is 382 g/mol. The number of nitrogens with zero attached hydrogens (tertiary/aromatic N) is 3. The van der Waals surface area contributed by atoms with Crippen molar-refractivity contribution in [2.45, 2.75) is 33.6 Å². The summed E-state index contributed by atoms with van der Waals surface area (Å²) < 4.78 is 7.43. The summed E-state index contributed by atoms with van der Waals surface area (Å²) in [5.41, 5.74) is 3.12. The summed E-state index contributed by atoms with van der Waals surface area (Å²) in [6.45, 7) is 5.65. The van der Waals surface area contributed by atoms with Gasteiger partial charge in [0.05, 0.1) is 6.20 Å². The van der Waals surface area contributed by atoms with Gasteiger partial charge in [0, 0.05) is 29.8 Å². The molecule has 2 amide bonds. The fraction of sp³-hybridized carbons (Fsp3) is 0.273. The molecule has 4 rings (SSSR count). The first-order chi connectivity index (χ1) is 14.4. The molecule has 154 valence electrons. The Bertz CT molecular complexity index is 1160. The van der Waals surface area contributed by atoms with Crippen molar-refractivity contribution >= 4 is 29.0 Å². The summed E-state index contributed by atoms with van der Waals surface area (Å²) in [5, 5.41) is 10.1. The summed E-state index contributed by atoms with van der Waals surface area (Å²) in [5.74, 6) is 1.30. The van der Waals surface area contributed by atoms with Gasteiger partial charge in [0.15, 0.2) is 11.5 Å². The Labute approximate surface area is 174 Å². The van der Waals surface area contributed by atoms with Crippen LogP contribution in [0.5, 0.6) is 11.6 Å². The normalized spacial score (nSPS) is 13.0. The van der Waals surface area contributed by atoms with E-state index in [0.29, 0.717) is 28.8 Å². The number of allylic oxidation sites excluding steroid dienone is 1. The summed E-state index contributed by atoms with van der Waals surface area (Å²) in [4.78, 5) is 28.3. The molecule has 0 bridgehead atoms. The van der Waals surface area contributed by atoms with E-state index in [4.69, 9.17) is 4.74 Å². The number of benzene rings is 1. The molecule has 2 aromatic heterocycles. The lowest BCUT2D eigenvalue weighted by Gasteiger charge is -2.10. The number of hydrogen-bond acceptors (Lipinski definition) is 5. The predicted octanol–water partition coefficient (Wildman–Crippen LogP) is 4.08. The molecule has 1 aromatic carbocycles. The second kappa shape index (κ2) is 7.98. The highest BCUT2D eigenvalue weighted by Crippen LogP contribution is 2.30. The van der Waals surface area contributed by atoms with Gasteiger partial charge < -0.3 is 15.4 Å². The molecule has 1 fully saturated rings. The first-order valence-electron chi connectivity index (χ1n) is 9.79. The van der Waals surface area contributed by atoms with Crippen molar-refractivity contribution in [3.63, 3.8) is 0 Å². The quantitative estimate of drug-likeness (QED) is 0.602. The number of aromatic nitrogens is 3. The Morgan fingerprint density at radius 1 is 1.17 bits per heavy atom. The summed E-state index contributed by atoms with van der Waals surface area (Å²) in [6, 6.07) is 8.91. The zero-order chi connectivity index (χ0) is 21.3. The fourth-order valence-corrected chi connectivity index (χ4v) is 2.90. The zero-order valence-electron chi connectivity index (χ0n) is 17.1. The molecule has 1 saturated carbocycles. The van der Waals surface area contributed by atoms with Gasteiger partial charge in [-0.2, -0.15) is 0 Å². The molecular formula is C22H23N5O3. The van der Waals surface area contributed by atoms with E-state index in [-0.39, 0.29) is 17.7 Å². The van der Waals surface area contributed by atoms with E-state index in [9.17, 15) is 9.59 Å².